The molecule has 0 spiro atoms. The first kappa shape index (κ1) is 19.0. The number of hydrogen-bond donors (Lipinski definition) is 1. The number of nitrogens with one attached hydrogen (secondary N) is 1. The fourth-order valence-corrected chi connectivity index (χ4v) is 2.96. The second-order valence-electron chi connectivity index (χ2n) is 6.64. The van der Waals surface area contributed by atoms with Crippen LogP contribution in [0.15, 0.2) is 27.8 Å². The number of benzene rings is 1. The summed E-state index contributed by atoms with van der Waals surface area (Å²) in [7, 11) is 1.51. The molecule has 1 aromatic carbocycles. The van der Waals surface area contributed by atoms with E-state index in [2.05, 4.69) is 9.97 Å². The fraction of sp³-hybridized carbons (Fsp3) is 0.389. The summed E-state index contributed by atoms with van der Waals surface area (Å²) in [6.45, 7) is 4.74. The van der Waals surface area contributed by atoms with Gasteiger partial charge in [-0.2, -0.15) is 0 Å². The van der Waals surface area contributed by atoms with Crippen LogP contribution in [-0.4, -0.2) is 32.8 Å². The molecule has 0 bridgehead atoms. The summed E-state index contributed by atoms with van der Waals surface area (Å²) in [6, 6.07) is 3.39. The summed E-state index contributed by atoms with van der Waals surface area (Å²) in [5.41, 5.74) is -0.466. The molecule has 0 saturated carbocycles. The second kappa shape index (κ2) is 7.43. The Labute approximate surface area is 153 Å². The molecular formula is C18H20F2N4O3. The van der Waals surface area contributed by atoms with Gasteiger partial charge >= 0.3 is 5.69 Å². The number of methoxy groups -OCH3 is 1. The summed E-state index contributed by atoms with van der Waals surface area (Å²) >= 11 is 0. The molecule has 1 N–H and O–H groups in total. The molecule has 7 nitrogen and oxygen atoms in total. The molecule has 0 unspecified atom stereocenters. The van der Waals surface area contributed by atoms with Crippen molar-refractivity contribution in [2.45, 2.75) is 26.9 Å². The van der Waals surface area contributed by atoms with Crippen LogP contribution in [0.25, 0.3) is 22.6 Å². The van der Waals surface area contributed by atoms with Crippen LogP contribution in [0.3, 0.4) is 0 Å². The maximum atomic E-state index is 13.7. The van der Waals surface area contributed by atoms with E-state index in [1.54, 1.807) is 4.57 Å². The van der Waals surface area contributed by atoms with Gasteiger partial charge in [0.05, 0.1) is 6.61 Å². The quantitative estimate of drug-likeness (QED) is 0.713. The van der Waals surface area contributed by atoms with Crippen molar-refractivity contribution in [1.29, 1.82) is 0 Å². The van der Waals surface area contributed by atoms with Crippen molar-refractivity contribution in [3.8, 4) is 11.4 Å². The molecule has 0 aliphatic carbocycles. The minimum Gasteiger partial charge on any atom is -0.383 e. The van der Waals surface area contributed by atoms with Gasteiger partial charge in [0.15, 0.2) is 22.8 Å². The number of halogens is 2. The molecule has 0 saturated heterocycles. The van der Waals surface area contributed by atoms with Gasteiger partial charge in [0.2, 0.25) is 0 Å². The molecule has 2 aromatic heterocycles. The lowest BCUT2D eigenvalue weighted by molar-refractivity contribution is 0.188. The largest absolute Gasteiger partial charge is 0.383 e. The number of rotatable bonds is 6. The normalized spacial score (nSPS) is 11.6. The van der Waals surface area contributed by atoms with Crippen LogP contribution in [-0.2, 0) is 17.8 Å². The van der Waals surface area contributed by atoms with Crippen LogP contribution in [0, 0.1) is 17.6 Å². The third-order valence-electron chi connectivity index (χ3n) is 4.13. The molecule has 27 heavy (non-hydrogen) atoms. The first-order valence-corrected chi connectivity index (χ1v) is 8.51. The highest BCUT2D eigenvalue weighted by molar-refractivity contribution is 5.77. The van der Waals surface area contributed by atoms with E-state index in [0.29, 0.717) is 12.1 Å². The van der Waals surface area contributed by atoms with Gasteiger partial charge in [0.1, 0.15) is 5.82 Å². The van der Waals surface area contributed by atoms with Gasteiger partial charge < -0.3 is 9.30 Å². The average Bonchev–Trinajstić information content (AvgIpc) is 2.98. The van der Waals surface area contributed by atoms with Crippen molar-refractivity contribution in [2.75, 3.05) is 13.7 Å². The maximum Gasteiger partial charge on any atom is 0.330 e. The van der Waals surface area contributed by atoms with Crippen molar-refractivity contribution in [1.82, 2.24) is 19.1 Å². The van der Waals surface area contributed by atoms with E-state index in [4.69, 9.17) is 4.74 Å². The van der Waals surface area contributed by atoms with Crippen LogP contribution in [0.4, 0.5) is 8.78 Å². The SMILES string of the molecule is COCCn1c(-c2ccc(F)c(F)c2)nc2c1c(=O)[nH]c(=O)n2CC(C)C. The van der Waals surface area contributed by atoms with Gasteiger partial charge in [0, 0.05) is 25.8 Å². The van der Waals surface area contributed by atoms with Gasteiger partial charge in [-0.25, -0.2) is 18.6 Å². The molecule has 3 aromatic rings. The molecule has 9 heteroatoms. The Bertz CT molecular complexity index is 1100. The van der Waals surface area contributed by atoms with Crippen molar-refractivity contribution >= 4 is 11.2 Å². The Balaban J connectivity index is 2.35. The van der Waals surface area contributed by atoms with Crippen LogP contribution < -0.4 is 11.2 Å². The van der Waals surface area contributed by atoms with Crippen molar-refractivity contribution in [3.63, 3.8) is 0 Å². The molecule has 144 valence electrons. The zero-order valence-electron chi connectivity index (χ0n) is 15.3. The fourth-order valence-electron chi connectivity index (χ4n) is 2.96. The number of H-pyrrole nitrogens is 1. The number of hydrogen-bond acceptors (Lipinski definition) is 4. The third kappa shape index (κ3) is 3.55. The summed E-state index contributed by atoms with van der Waals surface area (Å²) in [4.78, 5) is 31.5. The van der Waals surface area contributed by atoms with E-state index < -0.39 is 22.9 Å². The van der Waals surface area contributed by atoms with E-state index in [1.165, 1.54) is 17.7 Å². The molecule has 0 atom stereocenters. The maximum absolute atomic E-state index is 13.7. The highest BCUT2D eigenvalue weighted by atomic mass is 19.2. The number of fused-ring (bicyclic) bond motifs is 1. The summed E-state index contributed by atoms with van der Waals surface area (Å²) in [5, 5.41) is 0. The minimum atomic E-state index is -1.02. The molecule has 2 heterocycles. The highest BCUT2D eigenvalue weighted by Gasteiger charge is 2.20. The molecule has 0 aliphatic heterocycles. The Morgan fingerprint density at radius 3 is 2.56 bits per heavy atom. The lowest BCUT2D eigenvalue weighted by Gasteiger charge is -2.10. The second-order valence-corrected chi connectivity index (χ2v) is 6.64. The number of imidazole rings is 1. The van der Waals surface area contributed by atoms with Crippen molar-refractivity contribution < 1.29 is 13.5 Å². The summed E-state index contributed by atoms with van der Waals surface area (Å²) in [5.74, 6) is -1.61. The third-order valence-corrected chi connectivity index (χ3v) is 4.13. The number of ether oxygens (including phenoxy) is 1. The van der Waals surface area contributed by atoms with Crippen molar-refractivity contribution in [3.05, 3.63) is 50.7 Å². The smallest absolute Gasteiger partial charge is 0.330 e. The Morgan fingerprint density at radius 2 is 1.93 bits per heavy atom. The van der Waals surface area contributed by atoms with E-state index in [0.717, 1.165) is 12.1 Å². The molecule has 0 amide bonds. The van der Waals surface area contributed by atoms with Crippen LogP contribution >= 0.6 is 0 Å². The Hall–Kier alpha value is -2.81. The molecule has 0 fully saturated rings. The predicted octanol–water partition coefficient (Wildman–Crippen LogP) is 2.13. The number of nitrogens with zero attached hydrogens (tertiary/aromatic N) is 3. The zero-order valence-corrected chi connectivity index (χ0v) is 15.3. The molecule has 0 aliphatic rings. The topological polar surface area (TPSA) is 81.9 Å². The molecular weight excluding hydrogens is 358 g/mol. The first-order valence-electron chi connectivity index (χ1n) is 8.51. The number of aromatic nitrogens is 4. The predicted molar refractivity (Wildman–Crippen MR) is 96.7 cm³/mol. The average molecular weight is 378 g/mol. The summed E-state index contributed by atoms with van der Waals surface area (Å²) < 4.78 is 35.1. The monoisotopic (exact) mass is 378 g/mol. The standard InChI is InChI=1S/C18H20F2N4O3/c1-10(2)9-24-16-14(17(25)22-18(24)26)23(6-7-27-3)15(21-16)11-4-5-12(19)13(20)8-11/h4-5,8,10H,6-7,9H2,1-3H3,(H,22,25,26). The molecule has 0 radical (unpaired) electrons. The Morgan fingerprint density at radius 1 is 1.19 bits per heavy atom. The van der Waals surface area contributed by atoms with Crippen LogP contribution in [0.2, 0.25) is 0 Å². The number of aromatic amines is 1. The van der Waals surface area contributed by atoms with Gasteiger partial charge in [-0.3, -0.25) is 14.3 Å². The zero-order chi connectivity index (χ0) is 19.7. The van der Waals surface area contributed by atoms with E-state index in [9.17, 15) is 18.4 Å². The highest BCUT2D eigenvalue weighted by Crippen LogP contribution is 2.24. The van der Waals surface area contributed by atoms with Crippen LogP contribution in [0.1, 0.15) is 13.8 Å². The lowest BCUT2D eigenvalue weighted by atomic mass is 10.2. The first-order chi connectivity index (χ1) is 12.8. The lowest BCUT2D eigenvalue weighted by Crippen LogP contribution is -2.32. The molecule has 3 rings (SSSR count). The van der Waals surface area contributed by atoms with Gasteiger partial charge in [0.25, 0.3) is 5.56 Å². The van der Waals surface area contributed by atoms with E-state index in [1.807, 2.05) is 13.8 Å². The van der Waals surface area contributed by atoms with Gasteiger partial charge in [-0.1, -0.05) is 13.8 Å². The van der Waals surface area contributed by atoms with Crippen LogP contribution in [0.5, 0.6) is 0 Å². The summed E-state index contributed by atoms with van der Waals surface area (Å²) in [6.07, 6.45) is 0. The van der Waals surface area contributed by atoms with Gasteiger partial charge in [-0.05, 0) is 24.1 Å². The van der Waals surface area contributed by atoms with Crippen molar-refractivity contribution in [2.24, 2.45) is 5.92 Å². The van der Waals surface area contributed by atoms with Gasteiger partial charge in [-0.15, -0.1) is 0 Å². The minimum absolute atomic E-state index is 0.132. The van der Waals surface area contributed by atoms with E-state index >= 15 is 0 Å². The Kier molecular flexibility index (Phi) is 5.22. The van der Waals surface area contributed by atoms with E-state index in [-0.39, 0.29) is 36.1 Å².